The number of likely N-dealkylation sites (N-methyl/N-ethyl adjacent to an activating group) is 1. The third kappa shape index (κ3) is 4.94. The summed E-state index contributed by atoms with van der Waals surface area (Å²) in [5.74, 6) is -0.281. The van der Waals surface area contributed by atoms with Crippen LogP contribution in [0, 0.1) is 5.82 Å². The first kappa shape index (κ1) is 24.3. The number of rotatable bonds is 7. The molecule has 0 saturated carbocycles. The Labute approximate surface area is 219 Å². The lowest BCUT2D eigenvalue weighted by Crippen LogP contribution is -2.13. The van der Waals surface area contributed by atoms with Crippen molar-refractivity contribution in [2.45, 2.75) is 6.92 Å². The second-order valence-electron chi connectivity index (χ2n) is 9.09. The van der Waals surface area contributed by atoms with E-state index < -0.39 is 0 Å². The minimum atomic E-state index is -0.281. The zero-order valence-electron chi connectivity index (χ0n) is 20.4. The molecular formula is C29H27FIN5. The minimum Gasteiger partial charge on any atom is -0.353 e. The fourth-order valence-corrected chi connectivity index (χ4v) is 5.53. The molecule has 0 fully saturated rings. The largest absolute Gasteiger partial charge is 0.353 e. The highest BCUT2D eigenvalue weighted by Gasteiger charge is 2.15. The molecule has 3 aromatic heterocycles. The molecule has 0 atom stereocenters. The topological polar surface area (TPSA) is 60.6 Å². The van der Waals surface area contributed by atoms with Gasteiger partial charge in [0.1, 0.15) is 11.5 Å². The van der Waals surface area contributed by atoms with Crippen molar-refractivity contribution in [2.75, 3.05) is 20.6 Å². The predicted molar refractivity (Wildman–Crippen MR) is 158 cm³/mol. The molecule has 7 heteroatoms. The molecule has 0 spiro atoms. The van der Waals surface area contributed by atoms with Crippen LogP contribution in [0.4, 0.5) is 4.39 Å². The van der Waals surface area contributed by atoms with E-state index in [0.717, 1.165) is 56.6 Å². The summed E-state index contributed by atoms with van der Waals surface area (Å²) in [6, 6.07) is 16.9. The molecule has 0 aliphatic rings. The van der Waals surface area contributed by atoms with Crippen LogP contribution in [-0.2, 0) is 0 Å². The van der Waals surface area contributed by atoms with Crippen molar-refractivity contribution in [3.63, 3.8) is 0 Å². The monoisotopic (exact) mass is 591 g/mol. The Morgan fingerprint density at radius 1 is 1.06 bits per heavy atom. The minimum absolute atomic E-state index is 0.273. The molecule has 0 unspecified atom stereocenters. The summed E-state index contributed by atoms with van der Waals surface area (Å²) in [6.07, 6.45) is 4.00. The smallest absolute Gasteiger partial charge is 0.123 e. The predicted octanol–water partition coefficient (Wildman–Crippen LogP) is 7.16. The Morgan fingerprint density at radius 3 is 2.67 bits per heavy atom. The van der Waals surface area contributed by atoms with Gasteiger partial charge in [0.15, 0.2) is 0 Å². The molecule has 0 aliphatic heterocycles. The molecule has 182 valence electrons. The highest BCUT2D eigenvalue weighted by molar-refractivity contribution is 14.2. The van der Waals surface area contributed by atoms with Crippen molar-refractivity contribution < 1.29 is 4.39 Å². The maximum Gasteiger partial charge on any atom is 0.123 e. The van der Waals surface area contributed by atoms with Crippen molar-refractivity contribution in [1.29, 1.82) is 0 Å². The molecule has 2 aromatic carbocycles. The Morgan fingerprint density at radius 2 is 1.89 bits per heavy atom. The van der Waals surface area contributed by atoms with E-state index in [1.165, 1.54) is 23.3 Å². The van der Waals surface area contributed by atoms with Crippen LogP contribution in [0.25, 0.3) is 50.0 Å². The van der Waals surface area contributed by atoms with E-state index >= 15 is 0 Å². The summed E-state index contributed by atoms with van der Waals surface area (Å²) in [5.41, 5.74) is 8.73. The summed E-state index contributed by atoms with van der Waals surface area (Å²) in [7, 11) is 4.16. The molecule has 5 aromatic rings. The molecule has 5 nitrogen and oxygen atoms in total. The summed E-state index contributed by atoms with van der Waals surface area (Å²) in [4.78, 5) is 10.2. The van der Waals surface area contributed by atoms with E-state index in [9.17, 15) is 4.39 Å². The van der Waals surface area contributed by atoms with Gasteiger partial charge in [-0.1, -0.05) is 34.4 Å². The van der Waals surface area contributed by atoms with Crippen molar-refractivity contribution >= 4 is 52.6 Å². The van der Waals surface area contributed by atoms with Crippen molar-refractivity contribution in [3.8, 4) is 22.6 Å². The number of halogens is 2. The van der Waals surface area contributed by atoms with E-state index in [2.05, 4.69) is 79.0 Å². The first-order valence-corrected chi connectivity index (χ1v) is 14.3. The third-order valence-electron chi connectivity index (χ3n) is 5.96. The van der Waals surface area contributed by atoms with Crippen LogP contribution in [0.5, 0.6) is 0 Å². The quantitative estimate of drug-likeness (QED) is 0.156. The van der Waals surface area contributed by atoms with E-state index in [1.54, 1.807) is 12.3 Å². The summed E-state index contributed by atoms with van der Waals surface area (Å²) in [5, 5.41) is 9.77. The SMILES string of the molecule is C=I/C=C(\C=C(/C)CN(C)C)c1ccc2[nH]nc(-c3cc4c(-c5cccc(F)c5)nccc4[nH]3)c2c1. The van der Waals surface area contributed by atoms with Gasteiger partial charge in [-0.2, -0.15) is 5.10 Å². The lowest BCUT2D eigenvalue weighted by atomic mass is 10.0. The van der Waals surface area contributed by atoms with Gasteiger partial charge in [-0.15, -0.1) is 20.7 Å². The first-order chi connectivity index (χ1) is 17.4. The standard InChI is InChI=1S/C29H27FIN5/c1-18(17-36(3)4)12-21(16-31-2)19-8-9-26-23(14-19)29(35-34-26)27-15-24-25(33-27)10-11-32-28(24)20-6-5-7-22(30)13-20/h5-16,33H,2,17H2,1,3-4H3,(H,34,35)/b18-12+,21-16+. The summed E-state index contributed by atoms with van der Waals surface area (Å²) < 4.78 is 20.3. The van der Waals surface area contributed by atoms with Gasteiger partial charge in [-0.3, -0.25) is 10.1 Å². The first-order valence-electron chi connectivity index (χ1n) is 11.5. The number of pyridine rings is 1. The Kier molecular flexibility index (Phi) is 6.93. The van der Waals surface area contributed by atoms with Gasteiger partial charge in [0, 0.05) is 34.6 Å². The number of hydrogen-bond acceptors (Lipinski definition) is 3. The van der Waals surface area contributed by atoms with E-state index in [4.69, 9.17) is 0 Å². The van der Waals surface area contributed by atoms with Crippen LogP contribution in [0.15, 0.2) is 76.5 Å². The van der Waals surface area contributed by atoms with E-state index in [0.29, 0.717) is 0 Å². The Bertz CT molecular complexity index is 1640. The summed E-state index contributed by atoms with van der Waals surface area (Å²) in [6.45, 7) is 3.06. The fraction of sp³-hybridized carbons (Fsp3) is 0.138. The van der Waals surface area contributed by atoms with Crippen LogP contribution >= 0.6 is 20.7 Å². The Hall–Kier alpha value is -3.43. The van der Waals surface area contributed by atoms with Crippen LogP contribution in [0.2, 0.25) is 0 Å². The highest BCUT2D eigenvalue weighted by Crippen LogP contribution is 2.34. The molecule has 0 aliphatic carbocycles. The molecule has 0 bridgehead atoms. The van der Waals surface area contributed by atoms with Crippen LogP contribution in [0.3, 0.4) is 0 Å². The van der Waals surface area contributed by atoms with Gasteiger partial charge >= 0.3 is 0 Å². The number of nitrogens with one attached hydrogen (secondary N) is 2. The van der Waals surface area contributed by atoms with Gasteiger partial charge in [-0.05, 0) is 72.6 Å². The van der Waals surface area contributed by atoms with Gasteiger partial charge < -0.3 is 9.88 Å². The lowest BCUT2D eigenvalue weighted by molar-refractivity contribution is 0.445. The van der Waals surface area contributed by atoms with Crippen molar-refractivity contribution in [1.82, 2.24) is 25.1 Å². The Balaban J connectivity index is 1.60. The van der Waals surface area contributed by atoms with E-state index in [1.807, 2.05) is 18.2 Å². The van der Waals surface area contributed by atoms with Crippen LogP contribution < -0.4 is 0 Å². The molecule has 0 amide bonds. The molecule has 2 N–H and O–H groups in total. The maximum absolute atomic E-state index is 13.9. The van der Waals surface area contributed by atoms with Gasteiger partial charge in [0.2, 0.25) is 0 Å². The molecule has 0 saturated heterocycles. The van der Waals surface area contributed by atoms with Crippen molar-refractivity contribution in [3.05, 3.63) is 87.9 Å². The average Bonchev–Trinajstić information content (AvgIpc) is 3.46. The van der Waals surface area contributed by atoms with Gasteiger partial charge in [0.05, 0.1) is 16.9 Å². The number of fused-ring (bicyclic) bond motifs is 2. The van der Waals surface area contributed by atoms with E-state index in [-0.39, 0.29) is 26.5 Å². The third-order valence-corrected chi connectivity index (χ3v) is 7.07. The van der Waals surface area contributed by atoms with Crippen LogP contribution in [-0.4, -0.2) is 50.2 Å². The number of H-pyrrole nitrogens is 2. The summed E-state index contributed by atoms with van der Waals surface area (Å²) >= 11 is -0.273. The van der Waals surface area contributed by atoms with Gasteiger partial charge in [0.25, 0.3) is 0 Å². The zero-order chi connectivity index (χ0) is 25.2. The number of allylic oxidation sites excluding steroid dienone is 2. The number of hydrogen-bond donors (Lipinski definition) is 2. The second-order valence-corrected chi connectivity index (χ2v) is 10.6. The normalized spacial score (nSPS) is 12.8. The zero-order valence-corrected chi connectivity index (χ0v) is 22.6. The second kappa shape index (κ2) is 10.3. The molecule has 36 heavy (non-hydrogen) atoms. The average molecular weight is 591 g/mol. The van der Waals surface area contributed by atoms with Crippen molar-refractivity contribution in [2.24, 2.45) is 0 Å². The highest BCUT2D eigenvalue weighted by atomic mass is 127. The lowest BCUT2D eigenvalue weighted by Gasteiger charge is -2.11. The van der Waals surface area contributed by atoms with Crippen LogP contribution in [0.1, 0.15) is 12.5 Å². The number of aromatic amines is 2. The van der Waals surface area contributed by atoms with Gasteiger partial charge in [-0.25, -0.2) is 4.39 Å². The molecule has 3 heterocycles. The molecule has 0 radical (unpaired) electrons. The molecular weight excluding hydrogens is 564 g/mol. The number of benzene rings is 2. The fourth-order valence-electron chi connectivity index (χ4n) is 4.52. The maximum atomic E-state index is 13.9. The number of nitrogens with zero attached hydrogens (tertiary/aromatic N) is 3. The number of aromatic nitrogens is 4. The molecule has 5 rings (SSSR count).